The molecule has 1 rings (SSSR count). The van der Waals surface area contributed by atoms with Crippen molar-refractivity contribution in [1.29, 1.82) is 0 Å². The van der Waals surface area contributed by atoms with Crippen LogP contribution in [0.2, 0.25) is 0 Å². The van der Waals surface area contributed by atoms with E-state index in [1.165, 1.54) is 0 Å². The number of carbonyl (C=O) groups excluding carboxylic acids is 2. The summed E-state index contributed by atoms with van der Waals surface area (Å²) in [5, 5.41) is 5.10. The number of unbranched alkanes of at least 4 members (excludes halogenated alkanes) is 1. The molecule has 17 heavy (non-hydrogen) atoms. The Morgan fingerprint density at radius 1 is 1.18 bits per heavy atom. The highest BCUT2D eigenvalue weighted by molar-refractivity contribution is 6.35. The van der Waals surface area contributed by atoms with Crippen molar-refractivity contribution in [2.75, 3.05) is 6.54 Å². The van der Waals surface area contributed by atoms with E-state index in [0.29, 0.717) is 13.1 Å². The number of carbonyl (C=O) groups is 2. The average Bonchev–Trinajstić information content (AvgIpc) is 2.37. The van der Waals surface area contributed by atoms with Crippen molar-refractivity contribution in [2.45, 2.75) is 26.3 Å². The van der Waals surface area contributed by atoms with Gasteiger partial charge < -0.3 is 10.6 Å². The Balaban J connectivity index is 2.27. The maximum Gasteiger partial charge on any atom is 0.309 e. The minimum atomic E-state index is -0.599. The Morgan fingerprint density at radius 3 is 2.47 bits per heavy atom. The van der Waals surface area contributed by atoms with Crippen LogP contribution in [0.3, 0.4) is 0 Å². The van der Waals surface area contributed by atoms with Gasteiger partial charge in [-0.1, -0.05) is 13.3 Å². The van der Waals surface area contributed by atoms with Crippen molar-refractivity contribution in [1.82, 2.24) is 15.6 Å². The Hall–Kier alpha value is -1.91. The number of nitrogens with one attached hydrogen (secondary N) is 2. The van der Waals surface area contributed by atoms with Crippen LogP contribution in [-0.4, -0.2) is 23.3 Å². The summed E-state index contributed by atoms with van der Waals surface area (Å²) in [6.07, 6.45) is 5.15. The van der Waals surface area contributed by atoms with Gasteiger partial charge in [0, 0.05) is 25.5 Å². The first kappa shape index (κ1) is 13.2. The van der Waals surface area contributed by atoms with E-state index in [4.69, 9.17) is 0 Å². The van der Waals surface area contributed by atoms with Crippen LogP contribution in [-0.2, 0) is 16.1 Å². The van der Waals surface area contributed by atoms with E-state index in [1.807, 2.05) is 6.92 Å². The van der Waals surface area contributed by atoms with Crippen LogP contribution in [0.5, 0.6) is 0 Å². The van der Waals surface area contributed by atoms with Crippen molar-refractivity contribution < 1.29 is 9.59 Å². The summed E-state index contributed by atoms with van der Waals surface area (Å²) in [4.78, 5) is 26.5. The number of rotatable bonds is 5. The Bertz CT molecular complexity index is 365. The quantitative estimate of drug-likeness (QED) is 0.580. The van der Waals surface area contributed by atoms with E-state index in [-0.39, 0.29) is 0 Å². The van der Waals surface area contributed by atoms with Crippen LogP contribution in [0.15, 0.2) is 24.5 Å². The van der Waals surface area contributed by atoms with Gasteiger partial charge in [-0.15, -0.1) is 0 Å². The smallest absolute Gasteiger partial charge is 0.309 e. The Labute approximate surface area is 101 Å². The SMILES string of the molecule is CCCCNC(=O)C(=O)NCc1ccncc1. The molecule has 0 spiro atoms. The molecule has 0 atom stereocenters. The highest BCUT2D eigenvalue weighted by atomic mass is 16.2. The molecule has 5 heteroatoms. The van der Waals surface area contributed by atoms with Crippen LogP contribution < -0.4 is 10.6 Å². The minimum Gasteiger partial charge on any atom is -0.348 e. The van der Waals surface area contributed by atoms with E-state index in [0.717, 1.165) is 18.4 Å². The molecule has 1 heterocycles. The predicted molar refractivity (Wildman–Crippen MR) is 64.0 cm³/mol. The molecule has 0 aromatic carbocycles. The molecule has 2 N–H and O–H groups in total. The molecule has 0 unspecified atom stereocenters. The Kier molecular flexibility index (Phi) is 5.71. The van der Waals surface area contributed by atoms with E-state index >= 15 is 0 Å². The number of nitrogens with zero attached hydrogens (tertiary/aromatic N) is 1. The van der Waals surface area contributed by atoms with Gasteiger partial charge >= 0.3 is 11.8 Å². The van der Waals surface area contributed by atoms with Gasteiger partial charge in [0.1, 0.15) is 0 Å². The summed E-state index contributed by atoms with van der Waals surface area (Å²) in [6, 6.07) is 3.57. The van der Waals surface area contributed by atoms with E-state index in [1.54, 1.807) is 24.5 Å². The number of aromatic nitrogens is 1. The summed E-state index contributed by atoms with van der Waals surface area (Å²) in [7, 11) is 0. The van der Waals surface area contributed by atoms with E-state index in [9.17, 15) is 9.59 Å². The summed E-state index contributed by atoms with van der Waals surface area (Å²) >= 11 is 0. The first-order valence-corrected chi connectivity index (χ1v) is 5.69. The van der Waals surface area contributed by atoms with Gasteiger partial charge in [0.25, 0.3) is 0 Å². The summed E-state index contributed by atoms with van der Waals surface area (Å²) in [5.74, 6) is -1.18. The van der Waals surface area contributed by atoms with Crippen molar-refractivity contribution >= 4 is 11.8 Å². The molecule has 0 aliphatic rings. The molecule has 0 bridgehead atoms. The van der Waals surface area contributed by atoms with Gasteiger partial charge in [-0.05, 0) is 24.1 Å². The molecule has 1 aromatic rings. The Morgan fingerprint density at radius 2 is 1.82 bits per heavy atom. The van der Waals surface area contributed by atoms with E-state index in [2.05, 4.69) is 15.6 Å². The maximum absolute atomic E-state index is 11.4. The van der Waals surface area contributed by atoms with Crippen LogP contribution in [0, 0.1) is 0 Å². The van der Waals surface area contributed by atoms with Crippen LogP contribution >= 0.6 is 0 Å². The number of pyridine rings is 1. The molecule has 0 aliphatic heterocycles. The lowest BCUT2D eigenvalue weighted by Gasteiger charge is -2.05. The molecule has 0 saturated heterocycles. The third-order valence-corrected chi connectivity index (χ3v) is 2.22. The number of hydrogen-bond donors (Lipinski definition) is 2. The monoisotopic (exact) mass is 235 g/mol. The molecule has 0 saturated carbocycles. The zero-order valence-electron chi connectivity index (χ0n) is 9.90. The van der Waals surface area contributed by atoms with Crippen LogP contribution in [0.25, 0.3) is 0 Å². The van der Waals surface area contributed by atoms with Crippen molar-refractivity contribution in [3.05, 3.63) is 30.1 Å². The molecular weight excluding hydrogens is 218 g/mol. The second-order valence-electron chi connectivity index (χ2n) is 3.65. The zero-order chi connectivity index (χ0) is 12.5. The van der Waals surface area contributed by atoms with Crippen molar-refractivity contribution in [3.8, 4) is 0 Å². The highest BCUT2D eigenvalue weighted by Gasteiger charge is 2.11. The predicted octanol–water partition coefficient (Wildman–Crippen LogP) is 0.614. The first-order chi connectivity index (χ1) is 8.24. The summed E-state index contributed by atoms with van der Waals surface area (Å²) in [6.45, 7) is 2.90. The minimum absolute atomic E-state index is 0.336. The maximum atomic E-state index is 11.4. The molecule has 92 valence electrons. The van der Waals surface area contributed by atoms with Gasteiger partial charge in [0.2, 0.25) is 0 Å². The second kappa shape index (κ2) is 7.38. The standard InChI is InChI=1S/C12H17N3O2/c1-2-3-6-14-11(16)12(17)15-9-10-4-7-13-8-5-10/h4-5,7-8H,2-3,6,9H2,1H3,(H,14,16)(H,15,17). The third-order valence-electron chi connectivity index (χ3n) is 2.22. The molecule has 0 radical (unpaired) electrons. The zero-order valence-corrected chi connectivity index (χ0v) is 9.90. The fraction of sp³-hybridized carbons (Fsp3) is 0.417. The summed E-state index contributed by atoms with van der Waals surface area (Å²) < 4.78 is 0. The number of amides is 2. The van der Waals surface area contributed by atoms with Gasteiger partial charge in [-0.25, -0.2) is 0 Å². The fourth-order valence-electron chi connectivity index (χ4n) is 1.22. The lowest BCUT2D eigenvalue weighted by Crippen LogP contribution is -2.39. The van der Waals surface area contributed by atoms with Crippen LogP contribution in [0.4, 0.5) is 0 Å². The lowest BCUT2D eigenvalue weighted by molar-refractivity contribution is -0.139. The van der Waals surface area contributed by atoms with E-state index < -0.39 is 11.8 Å². The highest BCUT2D eigenvalue weighted by Crippen LogP contribution is 1.94. The molecule has 5 nitrogen and oxygen atoms in total. The van der Waals surface area contributed by atoms with Gasteiger partial charge in [-0.2, -0.15) is 0 Å². The molecule has 0 fully saturated rings. The molecule has 0 aliphatic carbocycles. The first-order valence-electron chi connectivity index (χ1n) is 5.69. The molecule has 2 amide bonds. The van der Waals surface area contributed by atoms with Gasteiger partial charge in [0.15, 0.2) is 0 Å². The molecular formula is C12H17N3O2. The summed E-state index contributed by atoms with van der Waals surface area (Å²) in [5.41, 5.74) is 0.912. The van der Waals surface area contributed by atoms with Crippen molar-refractivity contribution in [3.63, 3.8) is 0 Å². The average molecular weight is 235 g/mol. The second-order valence-corrected chi connectivity index (χ2v) is 3.65. The van der Waals surface area contributed by atoms with Gasteiger partial charge in [-0.3, -0.25) is 14.6 Å². The number of hydrogen-bond acceptors (Lipinski definition) is 3. The normalized spacial score (nSPS) is 9.71. The fourth-order valence-corrected chi connectivity index (χ4v) is 1.22. The lowest BCUT2D eigenvalue weighted by atomic mass is 10.3. The largest absolute Gasteiger partial charge is 0.348 e. The topological polar surface area (TPSA) is 71.1 Å². The van der Waals surface area contributed by atoms with Crippen molar-refractivity contribution in [2.24, 2.45) is 0 Å². The molecule has 1 aromatic heterocycles. The third kappa shape index (κ3) is 5.10. The van der Waals surface area contributed by atoms with Crippen LogP contribution in [0.1, 0.15) is 25.3 Å². The van der Waals surface area contributed by atoms with Gasteiger partial charge in [0.05, 0.1) is 0 Å².